The number of nitrogens with zero attached hydrogens (tertiary/aromatic N) is 2. The number of pyridine rings is 1. The molecule has 0 bridgehead atoms. The maximum absolute atomic E-state index is 13.1. The van der Waals surface area contributed by atoms with Gasteiger partial charge in [0, 0.05) is 29.1 Å². The first-order valence-electron chi connectivity index (χ1n) is 10.6. The first-order chi connectivity index (χ1) is 16.9. The number of rotatable bonds is 1. The molecule has 1 aliphatic rings. The Hall–Kier alpha value is -3.18. The molecular formula is C26H15Cl3F3N3O. The molecule has 3 heterocycles. The van der Waals surface area contributed by atoms with Crippen molar-refractivity contribution in [3.8, 4) is 40.2 Å². The highest BCUT2D eigenvalue weighted by molar-refractivity contribution is 6.38. The van der Waals surface area contributed by atoms with E-state index in [4.69, 9.17) is 44.5 Å². The lowest BCUT2D eigenvalue weighted by Crippen LogP contribution is -2.29. The molecule has 1 N–H and O–H groups in total. The van der Waals surface area contributed by atoms with E-state index in [0.29, 0.717) is 38.4 Å². The molecule has 0 spiro atoms. The second kappa shape index (κ2) is 8.74. The van der Waals surface area contributed by atoms with Gasteiger partial charge in [-0.05, 0) is 50.2 Å². The molecule has 0 unspecified atom stereocenters. The highest BCUT2D eigenvalue weighted by Gasteiger charge is 2.36. The van der Waals surface area contributed by atoms with E-state index in [9.17, 15) is 13.2 Å². The molecule has 4 nitrogen and oxygen atoms in total. The SMILES string of the molecule is CC1(C)Oc2cc(C#Cc3cc(C(F)(F)F)ccc3Cl)ccc2-c2nc(-c3c(Cl)cncc3Cl)[nH]c21. The Balaban J connectivity index is 1.55. The summed E-state index contributed by atoms with van der Waals surface area (Å²) in [6.45, 7) is 3.76. The van der Waals surface area contributed by atoms with Crippen LogP contribution in [0.3, 0.4) is 0 Å². The average Bonchev–Trinajstić information content (AvgIpc) is 3.23. The minimum atomic E-state index is -4.49. The molecule has 10 heteroatoms. The maximum Gasteiger partial charge on any atom is 0.416 e. The molecule has 2 aromatic carbocycles. The molecule has 5 rings (SSSR count). The standard InChI is InChI=1S/C26H15Cl3F3N3O/c1-25(2)23-22(34-24(35-23)21-18(28)11-33-12-19(21)29)16-7-4-13(9-20(16)36-25)3-5-14-10-15(26(30,31)32)6-8-17(14)27/h4,6-12H,1-2H3,(H,34,35). The summed E-state index contributed by atoms with van der Waals surface area (Å²) in [6, 6.07) is 8.28. The third-order valence-corrected chi connectivity index (χ3v) is 6.54. The minimum Gasteiger partial charge on any atom is -0.481 e. The van der Waals surface area contributed by atoms with Gasteiger partial charge >= 0.3 is 6.18 Å². The van der Waals surface area contributed by atoms with Gasteiger partial charge in [-0.2, -0.15) is 13.2 Å². The van der Waals surface area contributed by atoms with Crippen LogP contribution in [0.2, 0.25) is 15.1 Å². The zero-order valence-corrected chi connectivity index (χ0v) is 21.0. The third-order valence-electron chi connectivity index (χ3n) is 5.63. The number of H-pyrrole nitrogens is 1. The number of nitrogens with one attached hydrogen (secondary N) is 1. The molecule has 0 fully saturated rings. The van der Waals surface area contributed by atoms with Gasteiger partial charge in [0.05, 0.1) is 37.6 Å². The highest BCUT2D eigenvalue weighted by Crippen LogP contribution is 2.46. The van der Waals surface area contributed by atoms with E-state index >= 15 is 0 Å². The zero-order chi connectivity index (χ0) is 25.8. The van der Waals surface area contributed by atoms with Crippen molar-refractivity contribution in [2.75, 3.05) is 0 Å². The van der Waals surface area contributed by atoms with Crippen LogP contribution in [0.25, 0.3) is 22.6 Å². The number of hydrogen-bond acceptors (Lipinski definition) is 3. The molecule has 2 aromatic heterocycles. The Morgan fingerprint density at radius 3 is 2.36 bits per heavy atom. The summed E-state index contributed by atoms with van der Waals surface area (Å²) >= 11 is 18.7. The Morgan fingerprint density at radius 1 is 0.944 bits per heavy atom. The molecule has 182 valence electrons. The quantitative estimate of drug-likeness (QED) is 0.244. The number of benzene rings is 2. The van der Waals surface area contributed by atoms with Crippen molar-refractivity contribution in [2.24, 2.45) is 0 Å². The van der Waals surface area contributed by atoms with E-state index in [0.717, 1.165) is 23.4 Å². The molecule has 1 aliphatic heterocycles. The van der Waals surface area contributed by atoms with E-state index in [1.54, 1.807) is 18.2 Å². The molecule has 0 radical (unpaired) electrons. The van der Waals surface area contributed by atoms with Crippen LogP contribution in [0.5, 0.6) is 5.75 Å². The van der Waals surface area contributed by atoms with Crippen LogP contribution in [-0.2, 0) is 11.8 Å². The summed E-state index contributed by atoms with van der Waals surface area (Å²) in [5.41, 5.74) is 1.67. The molecule has 0 aliphatic carbocycles. The topological polar surface area (TPSA) is 50.8 Å². The molecular weight excluding hydrogens is 534 g/mol. The average molecular weight is 549 g/mol. The number of hydrogen-bond donors (Lipinski definition) is 1. The van der Waals surface area contributed by atoms with E-state index in [1.807, 2.05) is 13.8 Å². The van der Waals surface area contributed by atoms with Crippen molar-refractivity contribution in [3.63, 3.8) is 0 Å². The molecule has 0 atom stereocenters. The first-order valence-corrected chi connectivity index (χ1v) is 11.7. The fraction of sp³-hybridized carbons (Fsp3) is 0.154. The van der Waals surface area contributed by atoms with Crippen LogP contribution < -0.4 is 4.74 Å². The summed E-state index contributed by atoms with van der Waals surface area (Å²) in [5.74, 6) is 6.61. The summed E-state index contributed by atoms with van der Waals surface area (Å²) in [4.78, 5) is 12.0. The normalized spacial score (nSPS) is 13.8. The maximum atomic E-state index is 13.1. The second-order valence-electron chi connectivity index (χ2n) is 8.55. The Bertz CT molecular complexity index is 1560. The van der Waals surface area contributed by atoms with E-state index in [-0.39, 0.29) is 10.6 Å². The van der Waals surface area contributed by atoms with E-state index in [1.165, 1.54) is 18.5 Å². The molecule has 36 heavy (non-hydrogen) atoms. The molecule has 0 saturated carbocycles. The van der Waals surface area contributed by atoms with Crippen LogP contribution in [0, 0.1) is 11.8 Å². The van der Waals surface area contributed by atoms with Crippen LogP contribution >= 0.6 is 34.8 Å². The number of ether oxygens (including phenoxy) is 1. The number of fused-ring (bicyclic) bond motifs is 3. The summed E-state index contributed by atoms with van der Waals surface area (Å²) in [7, 11) is 0. The van der Waals surface area contributed by atoms with Gasteiger partial charge in [-0.1, -0.05) is 46.6 Å². The number of aromatic nitrogens is 3. The van der Waals surface area contributed by atoms with Gasteiger partial charge in [-0.3, -0.25) is 4.98 Å². The van der Waals surface area contributed by atoms with Gasteiger partial charge < -0.3 is 9.72 Å². The van der Waals surface area contributed by atoms with Gasteiger partial charge in [-0.15, -0.1) is 0 Å². The highest BCUT2D eigenvalue weighted by atomic mass is 35.5. The summed E-state index contributed by atoms with van der Waals surface area (Å²) in [5, 5.41) is 0.839. The molecule has 0 saturated heterocycles. The van der Waals surface area contributed by atoms with Crippen molar-refractivity contribution >= 4 is 34.8 Å². The van der Waals surface area contributed by atoms with Crippen LogP contribution in [0.15, 0.2) is 48.8 Å². The van der Waals surface area contributed by atoms with Crippen molar-refractivity contribution in [1.82, 2.24) is 15.0 Å². The second-order valence-corrected chi connectivity index (χ2v) is 9.77. The first kappa shape index (κ1) is 24.5. The number of imidazole rings is 1. The summed E-state index contributed by atoms with van der Waals surface area (Å²) < 4.78 is 45.4. The predicted molar refractivity (Wildman–Crippen MR) is 133 cm³/mol. The minimum absolute atomic E-state index is 0.0794. The Morgan fingerprint density at radius 2 is 1.67 bits per heavy atom. The van der Waals surface area contributed by atoms with Gasteiger partial charge in [0.15, 0.2) is 0 Å². The Labute approximate surface area is 219 Å². The summed E-state index contributed by atoms with van der Waals surface area (Å²) in [6.07, 6.45) is -1.51. The lowest BCUT2D eigenvalue weighted by Gasteiger charge is -2.31. The lowest BCUT2D eigenvalue weighted by molar-refractivity contribution is -0.137. The van der Waals surface area contributed by atoms with Gasteiger partial charge in [0.1, 0.15) is 17.2 Å². The predicted octanol–water partition coefficient (Wildman–Crippen LogP) is 8.15. The van der Waals surface area contributed by atoms with E-state index < -0.39 is 17.3 Å². The molecule has 0 amide bonds. The van der Waals surface area contributed by atoms with Crippen molar-refractivity contribution in [3.05, 3.63) is 86.2 Å². The van der Waals surface area contributed by atoms with Crippen molar-refractivity contribution in [2.45, 2.75) is 25.6 Å². The fourth-order valence-electron chi connectivity index (χ4n) is 3.90. The van der Waals surface area contributed by atoms with Crippen LogP contribution in [0.1, 0.15) is 36.2 Å². The Kier molecular flexibility index (Phi) is 5.95. The zero-order valence-electron chi connectivity index (χ0n) is 18.7. The van der Waals surface area contributed by atoms with Gasteiger partial charge in [0.25, 0.3) is 0 Å². The largest absolute Gasteiger partial charge is 0.481 e. The van der Waals surface area contributed by atoms with Crippen LogP contribution in [-0.4, -0.2) is 15.0 Å². The van der Waals surface area contributed by atoms with Crippen LogP contribution in [0.4, 0.5) is 13.2 Å². The number of aromatic amines is 1. The van der Waals surface area contributed by atoms with Gasteiger partial charge in [-0.25, -0.2) is 4.98 Å². The third kappa shape index (κ3) is 4.41. The molecule has 4 aromatic rings. The fourth-order valence-corrected chi connectivity index (χ4v) is 4.61. The van der Waals surface area contributed by atoms with Crippen molar-refractivity contribution in [1.29, 1.82) is 0 Å². The van der Waals surface area contributed by atoms with E-state index in [2.05, 4.69) is 21.8 Å². The van der Waals surface area contributed by atoms with Crippen molar-refractivity contribution < 1.29 is 17.9 Å². The van der Waals surface area contributed by atoms with Gasteiger partial charge in [0.2, 0.25) is 0 Å². The lowest BCUT2D eigenvalue weighted by atomic mass is 9.94. The number of alkyl halides is 3. The number of halogens is 6. The monoisotopic (exact) mass is 547 g/mol. The smallest absolute Gasteiger partial charge is 0.416 e.